The van der Waals surface area contributed by atoms with Crippen molar-refractivity contribution in [2.45, 2.75) is 26.2 Å². The summed E-state index contributed by atoms with van der Waals surface area (Å²) in [5, 5.41) is 1.04. The van der Waals surface area contributed by atoms with Crippen LogP contribution in [0.1, 0.15) is 34.3 Å². The first-order chi connectivity index (χ1) is 12.2. The Morgan fingerprint density at radius 1 is 1.08 bits per heavy atom. The average molecular weight is 332 g/mol. The molecule has 128 valence electrons. The molecule has 0 atom stereocenters. The lowest BCUT2D eigenvalue weighted by Gasteiger charge is -2.32. The number of aryl methyl sites for hydroxylation is 1. The number of nitrogens with one attached hydrogen (secondary N) is 1. The number of benzene rings is 2. The maximum atomic E-state index is 13.0. The summed E-state index contributed by atoms with van der Waals surface area (Å²) in [5.41, 5.74) is 4.46. The first-order valence-electron chi connectivity index (χ1n) is 9.12. The van der Waals surface area contributed by atoms with Crippen LogP contribution >= 0.6 is 0 Å². The van der Waals surface area contributed by atoms with Crippen LogP contribution in [0.4, 0.5) is 0 Å². The minimum atomic E-state index is 0.162. The number of aromatic amines is 1. The first-order valence-corrected chi connectivity index (χ1v) is 9.12. The molecule has 0 unspecified atom stereocenters. The highest BCUT2D eigenvalue weighted by molar-refractivity contribution is 6.07. The predicted molar refractivity (Wildman–Crippen MR) is 102 cm³/mol. The Kier molecular flexibility index (Phi) is 4.31. The number of amides is 1. The van der Waals surface area contributed by atoms with Gasteiger partial charge in [0.05, 0.1) is 5.56 Å². The zero-order chi connectivity index (χ0) is 17.2. The van der Waals surface area contributed by atoms with Crippen LogP contribution in [0.5, 0.6) is 0 Å². The second kappa shape index (κ2) is 6.75. The Balaban J connectivity index is 1.43. The van der Waals surface area contributed by atoms with Crippen molar-refractivity contribution in [3.8, 4) is 0 Å². The Morgan fingerprint density at radius 2 is 1.84 bits per heavy atom. The monoisotopic (exact) mass is 332 g/mol. The van der Waals surface area contributed by atoms with Gasteiger partial charge in [0.1, 0.15) is 0 Å². The van der Waals surface area contributed by atoms with E-state index in [1.807, 2.05) is 23.2 Å². The molecule has 3 aromatic rings. The van der Waals surface area contributed by atoms with Crippen LogP contribution in [-0.2, 0) is 6.42 Å². The van der Waals surface area contributed by atoms with Gasteiger partial charge >= 0.3 is 0 Å². The van der Waals surface area contributed by atoms with E-state index in [-0.39, 0.29) is 5.91 Å². The SMILES string of the molecule is Cc1cccc2c(C(=O)N3CCC(Cc4ccccc4)CC3)c[nH]c12. The Bertz CT molecular complexity index is 873. The summed E-state index contributed by atoms with van der Waals surface area (Å²) >= 11 is 0. The molecule has 1 aliphatic rings. The summed E-state index contributed by atoms with van der Waals surface area (Å²) in [6.45, 7) is 3.78. The molecule has 0 saturated carbocycles. The van der Waals surface area contributed by atoms with Gasteiger partial charge in [0, 0.05) is 30.2 Å². The summed E-state index contributed by atoms with van der Waals surface area (Å²) in [7, 11) is 0. The number of carbonyl (C=O) groups excluding carboxylic acids is 1. The van der Waals surface area contributed by atoms with Crippen molar-refractivity contribution >= 4 is 16.8 Å². The van der Waals surface area contributed by atoms with Gasteiger partial charge in [-0.2, -0.15) is 0 Å². The van der Waals surface area contributed by atoms with E-state index in [1.165, 1.54) is 11.1 Å². The number of aromatic nitrogens is 1. The molecular formula is C22H24N2O. The molecule has 3 heteroatoms. The number of carbonyl (C=O) groups is 1. The molecule has 1 aliphatic heterocycles. The summed E-state index contributed by atoms with van der Waals surface area (Å²) in [6.07, 6.45) is 5.16. The molecule has 2 heterocycles. The van der Waals surface area contributed by atoms with Gasteiger partial charge in [-0.1, -0.05) is 48.5 Å². The van der Waals surface area contributed by atoms with Gasteiger partial charge in [-0.3, -0.25) is 4.79 Å². The molecule has 1 aromatic heterocycles. The molecule has 0 aliphatic carbocycles. The third-order valence-corrected chi connectivity index (χ3v) is 5.42. The van der Waals surface area contributed by atoms with Crippen LogP contribution in [0.2, 0.25) is 0 Å². The fourth-order valence-corrected chi connectivity index (χ4v) is 3.94. The lowest BCUT2D eigenvalue weighted by Crippen LogP contribution is -2.38. The second-order valence-corrected chi connectivity index (χ2v) is 7.13. The zero-order valence-electron chi connectivity index (χ0n) is 14.7. The number of hydrogen-bond donors (Lipinski definition) is 1. The highest BCUT2D eigenvalue weighted by Crippen LogP contribution is 2.26. The Hall–Kier alpha value is -2.55. The molecular weight excluding hydrogens is 308 g/mol. The van der Waals surface area contributed by atoms with Crippen molar-refractivity contribution in [2.75, 3.05) is 13.1 Å². The van der Waals surface area contributed by atoms with Crippen molar-refractivity contribution in [2.24, 2.45) is 5.92 Å². The van der Waals surface area contributed by atoms with Gasteiger partial charge in [-0.05, 0) is 43.2 Å². The summed E-state index contributed by atoms with van der Waals surface area (Å²) in [4.78, 5) is 18.2. The standard InChI is InChI=1S/C22H24N2O/c1-16-6-5-9-19-20(15-23-21(16)19)22(25)24-12-10-18(11-13-24)14-17-7-3-2-4-8-17/h2-9,15,18,23H,10-14H2,1H3. The van der Waals surface area contributed by atoms with Gasteiger partial charge in [-0.15, -0.1) is 0 Å². The normalized spacial score (nSPS) is 15.6. The molecule has 3 nitrogen and oxygen atoms in total. The minimum Gasteiger partial charge on any atom is -0.360 e. The van der Waals surface area contributed by atoms with E-state index < -0.39 is 0 Å². The second-order valence-electron chi connectivity index (χ2n) is 7.13. The number of likely N-dealkylation sites (tertiary alicyclic amines) is 1. The largest absolute Gasteiger partial charge is 0.360 e. The summed E-state index contributed by atoms with van der Waals surface area (Å²) in [5.74, 6) is 0.840. The number of rotatable bonds is 3. The van der Waals surface area contributed by atoms with E-state index in [0.717, 1.165) is 48.8 Å². The summed E-state index contributed by atoms with van der Waals surface area (Å²) < 4.78 is 0. The molecule has 4 rings (SSSR count). The summed E-state index contributed by atoms with van der Waals surface area (Å²) in [6, 6.07) is 16.8. The van der Waals surface area contributed by atoms with Gasteiger partial charge in [0.2, 0.25) is 0 Å². The fourth-order valence-electron chi connectivity index (χ4n) is 3.94. The van der Waals surface area contributed by atoms with E-state index in [9.17, 15) is 4.79 Å². The van der Waals surface area contributed by atoms with Crippen LogP contribution in [-0.4, -0.2) is 28.9 Å². The van der Waals surface area contributed by atoms with E-state index in [0.29, 0.717) is 5.92 Å². The molecule has 1 saturated heterocycles. The number of nitrogens with zero attached hydrogens (tertiary/aromatic N) is 1. The van der Waals surface area contributed by atoms with Crippen LogP contribution in [0.25, 0.3) is 10.9 Å². The van der Waals surface area contributed by atoms with Crippen LogP contribution in [0.15, 0.2) is 54.7 Å². The number of H-pyrrole nitrogens is 1. The molecule has 0 radical (unpaired) electrons. The zero-order valence-corrected chi connectivity index (χ0v) is 14.7. The molecule has 0 spiro atoms. The molecule has 1 fully saturated rings. The highest BCUT2D eigenvalue weighted by atomic mass is 16.2. The Labute approximate surface area is 148 Å². The van der Waals surface area contributed by atoms with Crippen LogP contribution in [0, 0.1) is 12.8 Å². The van der Waals surface area contributed by atoms with Crippen molar-refractivity contribution in [1.82, 2.24) is 9.88 Å². The quantitative estimate of drug-likeness (QED) is 0.749. The number of fused-ring (bicyclic) bond motifs is 1. The minimum absolute atomic E-state index is 0.162. The fraction of sp³-hybridized carbons (Fsp3) is 0.318. The van der Waals surface area contributed by atoms with Gasteiger partial charge in [0.15, 0.2) is 0 Å². The van der Waals surface area contributed by atoms with Crippen molar-refractivity contribution in [1.29, 1.82) is 0 Å². The van der Waals surface area contributed by atoms with Crippen molar-refractivity contribution in [3.05, 3.63) is 71.4 Å². The van der Waals surface area contributed by atoms with E-state index in [2.05, 4.69) is 48.3 Å². The van der Waals surface area contributed by atoms with E-state index in [1.54, 1.807) is 0 Å². The van der Waals surface area contributed by atoms with Crippen LogP contribution in [0.3, 0.4) is 0 Å². The maximum Gasteiger partial charge on any atom is 0.256 e. The van der Waals surface area contributed by atoms with E-state index >= 15 is 0 Å². The molecule has 2 aromatic carbocycles. The van der Waals surface area contributed by atoms with E-state index in [4.69, 9.17) is 0 Å². The molecule has 1 amide bonds. The molecule has 0 bridgehead atoms. The lowest BCUT2D eigenvalue weighted by molar-refractivity contribution is 0.0692. The average Bonchev–Trinajstić information content (AvgIpc) is 3.08. The lowest BCUT2D eigenvalue weighted by atomic mass is 9.90. The topological polar surface area (TPSA) is 36.1 Å². The smallest absolute Gasteiger partial charge is 0.256 e. The highest BCUT2D eigenvalue weighted by Gasteiger charge is 2.25. The Morgan fingerprint density at radius 3 is 2.60 bits per heavy atom. The third-order valence-electron chi connectivity index (χ3n) is 5.42. The maximum absolute atomic E-state index is 13.0. The van der Waals surface area contributed by atoms with Gasteiger partial charge in [0.25, 0.3) is 5.91 Å². The third kappa shape index (κ3) is 3.19. The number of para-hydroxylation sites is 1. The number of hydrogen-bond acceptors (Lipinski definition) is 1. The molecule has 25 heavy (non-hydrogen) atoms. The predicted octanol–water partition coefficient (Wildman–Crippen LogP) is 4.57. The van der Waals surface area contributed by atoms with Crippen molar-refractivity contribution < 1.29 is 4.79 Å². The van der Waals surface area contributed by atoms with Crippen LogP contribution < -0.4 is 0 Å². The van der Waals surface area contributed by atoms with Crippen molar-refractivity contribution in [3.63, 3.8) is 0 Å². The molecule has 1 N–H and O–H groups in total. The van der Waals surface area contributed by atoms with Gasteiger partial charge < -0.3 is 9.88 Å². The van der Waals surface area contributed by atoms with Gasteiger partial charge in [-0.25, -0.2) is 0 Å². The first kappa shape index (κ1) is 15.9. The number of piperidine rings is 1.